The Labute approximate surface area is 191 Å². The largest absolute Gasteiger partial charge is 0.497 e. The Morgan fingerprint density at radius 1 is 1.00 bits per heavy atom. The van der Waals surface area contributed by atoms with Crippen molar-refractivity contribution in [3.63, 3.8) is 0 Å². The van der Waals surface area contributed by atoms with Crippen molar-refractivity contribution in [1.82, 2.24) is 9.80 Å². The summed E-state index contributed by atoms with van der Waals surface area (Å²) in [5, 5.41) is 0. The van der Waals surface area contributed by atoms with Gasteiger partial charge in [0.2, 0.25) is 0 Å². The van der Waals surface area contributed by atoms with Gasteiger partial charge in [0.15, 0.2) is 0 Å². The van der Waals surface area contributed by atoms with Gasteiger partial charge in [-0.15, -0.1) is 0 Å². The molecule has 1 aliphatic carbocycles. The van der Waals surface area contributed by atoms with Gasteiger partial charge >= 0.3 is 0 Å². The van der Waals surface area contributed by atoms with Crippen molar-refractivity contribution in [3.05, 3.63) is 65.7 Å². The van der Waals surface area contributed by atoms with Crippen LogP contribution in [0.4, 0.5) is 0 Å². The lowest BCUT2D eigenvalue weighted by Crippen LogP contribution is -2.56. The van der Waals surface area contributed by atoms with Crippen LogP contribution in [0.5, 0.6) is 5.75 Å². The maximum Gasteiger partial charge on any atom is 0.255 e. The summed E-state index contributed by atoms with van der Waals surface area (Å²) in [7, 11) is 1.68. The minimum atomic E-state index is -0.528. The number of amides is 1. The van der Waals surface area contributed by atoms with Gasteiger partial charge in [-0.1, -0.05) is 42.5 Å². The van der Waals surface area contributed by atoms with E-state index in [-0.39, 0.29) is 12.0 Å². The van der Waals surface area contributed by atoms with Crippen LogP contribution in [0.3, 0.4) is 0 Å². The average molecular weight is 435 g/mol. The van der Waals surface area contributed by atoms with Gasteiger partial charge in [0.05, 0.1) is 13.2 Å². The fraction of sp³-hybridized carbons (Fsp3) is 0.519. The molecule has 1 spiro atoms. The highest BCUT2D eigenvalue weighted by Gasteiger charge is 2.58. The molecule has 3 fully saturated rings. The van der Waals surface area contributed by atoms with Gasteiger partial charge in [-0.2, -0.15) is 0 Å². The molecule has 5 heteroatoms. The highest BCUT2D eigenvalue weighted by Crippen LogP contribution is 2.46. The number of hydrogen-bond acceptors (Lipinski definition) is 4. The average Bonchev–Trinajstić information content (AvgIpc) is 3.62. The van der Waals surface area contributed by atoms with E-state index in [9.17, 15) is 4.79 Å². The summed E-state index contributed by atoms with van der Waals surface area (Å²) in [5.74, 6) is 1.56. The molecular weight excluding hydrogens is 400 g/mol. The zero-order valence-corrected chi connectivity index (χ0v) is 19.0. The first-order chi connectivity index (χ1) is 15.6. The van der Waals surface area contributed by atoms with E-state index >= 15 is 0 Å². The Morgan fingerprint density at radius 2 is 1.72 bits per heavy atom. The van der Waals surface area contributed by atoms with E-state index in [0.29, 0.717) is 19.0 Å². The molecule has 5 nitrogen and oxygen atoms in total. The number of ether oxygens (including phenoxy) is 2. The van der Waals surface area contributed by atoms with Gasteiger partial charge in [-0.05, 0) is 74.4 Å². The second-order valence-electron chi connectivity index (χ2n) is 9.60. The monoisotopic (exact) mass is 434 g/mol. The van der Waals surface area contributed by atoms with Crippen LogP contribution >= 0.6 is 0 Å². The Bertz CT molecular complexity index is 902. The first-order valence-corrected chi connectivity index (χ1v) is 12.0. The third-order valence-corrected chi connectivity index (χ3v) is 7.41. The van der Waals surface area contributed by atoms with Crippen molar-refractivity contribution in [2.45, 2.75) is 50.4 Å². The number of rotatable bonds is 7. The van der Waals surface area contributed by atoms with E-state index in [2.05, 4.69) is 47.4 Å². The third kappa shape index (κ3) is 4.69. The van der Waals surface area contributed by atoms with Crippen LogP contribution in [-0.2, 0) is 22.5 Å². The Kier molecular flexibility index (Phi) is 6.20. The zero-order chi connectivity index (χ0) is 22.0. The Balaban J connectivity index is 1.17. The minimum Gasteiger partial charge on any atom is -0.497 e. The molecule has 2 saturated heterocycles. The van der Waals surface area contributed by atoms with E-state index in [1.165, 1.54) is 5.56 Å². The molecule has 2 aromatic rings. The van der Waals surface area contributed by atoms with Gasteiger partial charge in [0.1, 0.15) is 11.4 Å². The smallest absolute Gasteiger partial charge is 0.255 e. The van der Waals surface area contributed by atoms with Crippen molar-refractivity contribution in [2.75, 3.05) is 33.3 Å². The number of carbonyl (C=O) groups excluding carboxylic acids is 1. The van der Waals surface area contributed by atoms with E-state index in [4.69, 9.17) is 9.47 Å². The van der Waals surface area contributed by atoms with Crippen LogP contribution < -0.4 is 4.74 Å². The second kappa shape index (κ2) is 9.24. The van der Waals surface area contributed by atoms with Crippen LogP contribution in [0.1, 0.15) is 36.8 Å². The molecule has 0 N–H and O–H groups in total. The predicted octanol–water partition coefficient (Wildman–Crippen LogP) is 3.91. The lowest BCUT2D eigenvalue weighted by Gasteiger charge is -2.43. The first kappa shape index (κ1) is 21.5. The summed E-state index contributed by atoms with van der Waals surface area (Å²) in [5.41, 5.74) is 2.03. The summed E-state index contributed by atoms with van der Waals surface area (Å²) in [4.78, 5) is 17.7. The molecule has 0 aromatic heterocycles. The maximum atomic E-state index is 13.1. The fourth-order valence-corrected chi connectivity index (χ4v) is 5.22. The molecule has 32 heavy (non-hydrogen) atoms. The third-order valence-electron chi connectivity index (χ3n) is 7.41. The summed E-state index contributed by atoms with van der Waals surface area (Å²) < 4.78 is 11.7. The molecule has 5 rings (SSSR count). The van der Waals surface area contributed by atoms with Gasteiger partial charge in [-0.3, -0.25) is 4.79 Å². The molecule has 0 bridgehead atoms. The van der Waals surface area contributed by atoms with Gasteiger partial charge in [0.25, 0.3) is 5.91 Å². The Morgan fingerprint density at radius 3 is 2.38 bits per heavy atom. The molecule has 1 saturated carbocycles. The molecule has 2 heterocycles. The van der Waals surface area contributed by atoms with Gasteiger partial charge in [0, 0.05) is 19.6 Å². The quantitative estimate of drug-likeness (QED) is 0.663. The molecule has 1 unspecified atom stereocenters. The number of piperidine rings is 1. The van der Waals surface area contributed by atoms with Crippen LogP contribution in [0.25, 0.3) is 0 Å². The van der Waals surface area contributed by atoms with Crippen molar-refractivity contribution >= 4 is 5.91 Å². The van der Waals surface area contributed by atoms with Crippen LogP contribution in [-0.4, -0.2) is 60.7 Å². The summed E-state index contributed by atoms with van der Waals surface area (Å²) in [6.07, 6.45) is 5.32. The van der Waals surface area contributed by atoms with E-state index in [1.807, 2.05) is 17.0 Å². The van der Waals surface area contributed by atoms with Crippen LogP contribution in [0, 0.1) is 5.92 Å². The Hall–Kier alpha value is -2.37. The number of carbonyl (C=O) groups is 1. The lowest BCUT2D eigenvalue weighted by molar-refractivity contribution is -0.175. The number of benzene rings is 2. The first-order valence-electron chi connectivity index (χ1n) is 12.0. The standard InChI is InChI=1S/C27H34N2O3/c1-31-24-9-7-22(8-10-24)19-29-20-25(32-27(14-15-27)26(29)30)23-12-17-28(18-13-23)16-11-21-5-3-2-4-6-21/h2-10,23,25H,11-20H2,1H3. The molecule has 170 valence electrons. The van der Waals surface area contributed by atoms with Crippen LogP contribution in [0.2, 0.25) is 0 Å². The minimum absolute atomic E-state index is 0.157. The van der Waals surface area contributed by atoms with Crippen molar-refractivity contribution < 1.29 is 14.3 Å². The molecule has 1 atom stereocenters. The van der Waals surface area contributed by atoms with Crippen LogP contribution in [0.15, 0.2) is 54.6 Å². The number of likely N-dealkylation sites (tertiary alicyclic amines) is 1. The number of hydrogen-bond donors (Lipinski definition) is 0. The van der Waals surface area contributed by atoms with Gasteiger partial charge in [-0.25, -0.2) is 0 Å². The SMILES string of the molecule is COc1ccc(CN2CC(C3CCN(CCc4ccccc4)CC3)OC3(CC3)C2=O)cc1. The summed E-state index contributed by atoms with van der Waals surface area (Å²) in [6, 6.07) is 18.8. The normalized spacial score (nSPS) is 23.5. The van der Waals surface area contributed by atoms with E-state index in [0.717, 1.165) is 63.1 Å². The fourth-order valence-electron chi connectivity index (χ4n) is 5.22. The summed E-state index contributed by atoms with van der Waals surface area (Å²) >= 11 is 0. The molecule has 1 amide bonds. The highest BCUT2D eigenvalue weighted by atomic mass is 16.5. The van der Waals surface area contributed by atoms with Crippen molar-refractivity contribution in [1.29, 1.82) is 0 Å². The van der Waals surface area contributed by atoms with Crippen molar-refractivity contribution in [3.8, 4) is 5.75 Å². The number of methoxy groups -OCH3 is 1. The molecule has 2 aliphatic heterocycles. The number of morpholine rings is 1. The second-order valence-corrected chi connectivity index (χ2v) is 9.60. The lowest BCUT2D eigenvalue weighted by atomic mass is 9.89. The molecule has 2 aromatic carbocycles. The van der Waals surface area contributed by atoms with E-state index in [1.54, 1.807) is 7.11 Å². The predicted molar refractivity (Wildman–Crippen MR) is 125 cm³/mol. The highest BCUT2D eigenvalue weighted by molar-refractivity contribution is 5.89. The molecule has 0 radical (unpaired) electrons. The van der Waals surface area contributed by atoms with E-state index < -0.39 is 5.60 Å². The molecular formula is C27H34N2O3. The number of nitrogens with zero attached hydrogens (tertiary/aromatic N) is 2. The van der Waals surface area contributed by atoms with Crippen molar-refractivity contribution in [2.24, 2.45) is 5.92 Å². The summed E-state index contributed by atoms with van der Waals surface area (Å²) in [6.45, 7) is 4.73. The maximum absolute atomic E-state index is 13.1. The topological polar surface area (TPSA) is 42.0 Å². The molecule has 3 aliphatic rings. The zero-order valence-electron chi connectivity index (χ0n) is 19.0. The van der Waals surface area contributed by atoms with Gasteiger partial charge < -0.3 is 19.3 Å².